The Morgan fingerprint density at radius 3 is 3.00 bits per heavy atom. The Labute approximate surface area is 174 Å². The number of aliphatic imine (C=N–C) groups is 1. The highest BCUT2D eigenvalue weighted by molar-refractivity contribution is 7.98. The van der Waals surface area contributed by atoms with Crippen molar-refractivity contribution in [1.82, 2.24) is 9.97 Å². The SMILES string of the molecule is CCC1(/N=C/c2cnc(SC)nc2Nc2cccc(OC(N)=O)c2)C=CC=CC1. The third kappa shape index (κ3) is 5.45. The number of nitrogens with two attached hydrogens (primary N) is 1. The zero-order chi connectivity index (χ0) is 20.7. The van der Waals surface area contributed by atoms with Gasteiger partial charge in [-0.15, -0.1) is 0 Å². The molecule has 1 unspecified atom stereocenters. The Morgan fingerprint density at radius 1 is 1.45 bits per heavy atom. The van der Waals surface area contributed by atoms with E-state index in [1.165, 1.54) is 11.8 Å². The van der Waals surface area contributed by atoms with Crippen molar-refractivity contribution in [2.75, 3.05) is 11.6 Å². The van der Waals surface area contributed by atoms with Gasteiger partial charge >= 0.3 is 6.09 Å². The molecule has 2 aromatic rings. The fourth-order valence-corrected chi connectivity index (χ4v) is 3.20. The molecular weight excluding hydrogens is 386 g/mol. The maximum atomic E-state index is 11.0. The number of nitrogens with one attached hydrogen (secondary N) is 1. The van der Waals surface area contributed by atoms with Crippen molar-refractivity contribution in [2.45, 2.75) is 30.5 Å². The van der Waals surface area contributed by atoms with Crippen molar-refractivity contribution in [1.29, 1.82) is 0 Å². The molecule has 1 aromatic carbocycles. The van der Waals surface area contributed by atoms with Gasteiger partial charge in [0.2, 0.25) is 0 Å². The lowest BCUT2D eigenvalue weighted by molar-refractivity contribution is 0.211. The molecule has 1 amide bonds. The van der Waals surface area contributed by atoms with Gasteiger partial charge in [0.05, 0.1) is 11.1 Å². The van der Waals surface area contributed by atoms with Crippen LogP contribution in [0.1, 0.15) is 25.3 Å². The van der Waals surface area contributed by atoms with E-state index < -0.39 is 6.09 Å². The molecule has 1 heterocycles. The predicted octanol–water partition coefficient (Wildman–Crippen LogP) is 4.48. The van der Waals surface area contributed by atoms with Gasteiger partial charge in [0.15, 0.2) is 5.16 Å². The number of nitrogens with zero attached hydrogens (tertiary/aromatic N) is 3. The first-order valence-corrected chi connectivity index (χ1v) is 10.4. The van der Waals surface area contributed by atoms with Crippen LogP contribution in [-0.2, 0) is 0 Å². The van der Waals surface area contributed by atoms with Crippen LogP contribution < -0.4 is 15.8 Å². The lowest BCUT2D eigenvalue weighted by Crippen LogP contribution is -2.23. The van der Waals surface area contributed by atoms with Gasteiger partial charge in [-0.2, -0.15) is 0 Å². The summed E-state index contributed by atoms with van der Waals surface area (Å²) in [7, 11) is 0. The van der Waals surface area contributed by atoms with Crippen molar-refractivity contribution < 1.29 is 9.53 Å². The van der Waals surface area contributed by atoms with E-state index in [4.69, 9.17) is 15.5 Å². The molecule has 3 rings (SSSR count). The standard InChI is InChI=1S/C21H23N5O2S/c1-3-21(10-5-4-6-11-21)24-14-15-13-23-20(29-2)26-18(15)25-16-8-7-9-17(12-16)28-19(22)27/h4-10,12-14H,3,11H2,1-2H3,(H2,22,27)(H,23,25,26)/b24-14+. The number of carbonyl (C=O) groups excluding carboxylic acids is 1. The van der Waals surface area contributed by atoms with Crippen LogP contribution in [0.3, 0.4) is 0 Å². The normalized spacial score (nSPS) is 18.1. The molecular formula is C21H23N5O2S. The van der Waals surface area contributed by atoms with E-state index in [0.717, 1.165) is 18.4 Å². The van der Waals surface area contributed by atoms with Crippen LogP contribution in [0, 0.1) is 0 Å². The second kappa shape index (κ2) is 9.38. The van der Waals surface area contributed by atoms with Gasteiger partial charge in [-0.1, -0.05) is 49.1 Å². The highest BCUT2D eigenvalue weighted by atomic mass is 32.2. The van der Waals surface area contributed by atoms with Crippen LogP contribution >= 0.6 is 11.8 Å². The molecule has 29 heavy (non-hydrogen) atoms. The largest absolute Gasteiger partial charge is 0.410 e. The molecule has 1 atom stereocenters. The molecule has 7 nitrogen and oxygen atoms in total. The minimum atomic E-state index is -0.860. The number of aromatic nitrogens is 2. The zero-order valence-electron chi connectivity index (χ0n) is 16.3. The second-order valence-corrected chi connectivity index (χ2v) is 7.21. The molecule has 0 spiro atoms. The zero-order valence-corrected chi connectivity index (χ0v) is 17.1. The van der Waals surface area contributed by atoms with E-state index in [2.05, 4.69) is 34.4 Å². The number of benzene rings is 1. The molecule has 1 aliphatic carbocycles. The van der Waals surface area contributed by atoms with Gasteiger partial charge in [0, 0.05) is 24.2 Å². The molecule has 1 aliphatic rings. The molecule has 3 N–H and O–H groups in total. The Morgan fingerprint density at radius 2 is 2.31 bits per heavy atom. The van der Waals surface area contributed by atoms with E-state index in [1.807, 2.05) is 30.7 Å². The highest BCUT2D eigenvalue weighted by Gasteiger charge is 2.23. The Hall–Kier alpha value is -3.13. The van der Waals surface area contributed by atoms with E-state index in [-0.39, 0.29) is 5.54 Å². The minimum absolute atomic E-state index is 0.251. The van der Waals surface area contributed by atoms with Crippen molar-refractivity contribution in [2.24, 2.45) is 10.7 Å². The van der Waals surface area contributed by atoms with E-state index in [9.17, 15) is 4.79 Å². The maximum absolute atomic E-state index is 11.0. The number of amides is 1. The number of ether oxygens (including phenoxy) is 1. The summed E-state index contributed by atoms with van der Waals surface area (Å²) < 4.78 is 4.94. The average molecular weight is 410 g/mol. The second-order valence-electron chi connectivity index (χ2n) is 6.44. The third-order valence-corrected chi connectivity index (χ3v) is 5.05. The number of thioether (sulfide) groups is 1. The van der Waals surface area contributed by atoms with Gasteiger partial charge in [0.25, 0.3) is 0 Å². The topological polar surface area (TPSA) is 102 Å². The molecule has 0 saturated heterocycles. The molecule has 0 saturated carbocycles. The third-order valence-electron chi connectivity index (χ3n) is 4.49. The summed E-state index contributed by atoms with van der Waals surface area (Å²) in [4.78, 5) is 24.8. The Balaban J connectivity index is 1.90. The molecule has 0 bridgehead atoms. The van der Waals surface area contributed by atoms with Gasteiger partial charge in [-0.05, 0) is 31.2 Å². The summed E-state index contributed by atoms with van der Waals surface area (Å²) in [5, 5.41) is 3.90. The monoisotopic (exact) mass is 409 g/mol. The maximum Gasteiger partial charge on any atom is 0.409 e. The van der Waals surface area contributed by atoms with Crippen LogP contribution in [0.15, 0.2) is 64.9 Å². The molecule has 1 aromatic heterocycles. The fraction of sp³-hybridized carbons (Fsp3) is 0.238. The lowest BCUT2D eigenvalue weighted by atomic mass is 9.89. The summed E-state index contributed by atoms with van der Waals surface area (Å²) >= 11 is 1.45. The summed E-state index contributed by atoms with van der Waals surface area (Å²) in [5.41, 5.74) is 6.31. The van der Waals surface area contributed by atoms with Crippen molar-refractivity contribution in [3.8, 4) is 5.75 Å². The fourth-order valence-electron chi connectivity index (χ4n) is 2.86. The van der Waals surface area contributed by atoms with Crippen LogP contribution in [0.5, 0.6) is 5.75 Å². The molecule has 0 aliphatic heterocycles. The number of primary amides is 1. The summed E-state index contributed by atoms with van der Waals surface area (Å²) in [6.45, 7) is 2.12. The number of rotatable bonds is 7. The quantitative estimate of drug-likeness (QED) is 0.397. The molecule has 0 radical (unpaired) electrons. The number of anilines is 2. The molecule has 0 fully saturated rings. The highest BCUT2D eigenvalue weighted by Crippen LogP contribution is 2.28. The number of carbonyl (C=O) groups is 1. The van der Waals surface area contributed by atoms with Crippen LogP contribution in [-0.4, -0.2) is 34.1 Å². The average Bonchev–Trinajstić information content (AvgIpc) is 2.73. The van der Waals surface area contributed by atoms with E-state index >= 15 is 0 Å². The van der Waals surface area contributed by atoms with Crippen LogP contribution in [0.2, 0.25) is 0 Å². The van der Waals surface area contributed by atoms with Crippen molar-refractivity contribution in [3.63, 3.8) is 0 Å². The Bertz CT molecular complexity index is 973. The first-order valence-electron chi connectivity index (χ1n) is 9.18. The first kappa shape index (κ1) is 20.6. The number of allylic oxidation sites excluding steroid dienone is 2. The van der Waals surface area contributed by atoms with E-state index in [1.54, 1.807) is 24.4 Å². The summed E-state index contributed by atoms with van der Waals surface area (Å²) in [6.07, 6.45) is 14.7. The lowest BCUT2D eigenvalue weighted by Gasteiger charge is -2.25. The molecule has 8 heteroatoms. The van der Waals surface area contributed by atoms with Gasteiger partial charge < -0.3 is 15.8 Å². The first-order chi connectivity index (χ1) is 14.0. The van der Waals surface area contributed by atoms with Gasteiger partial charge in [0.1, 0.15) is 11.6 Å². The summed E-state index contributed by atoms with van der Waals surface area (Å²) in [5.74, 6) is 0.965. The Kier molecular flexibility index (Phi) is 6.66. The minimum Gasteiger partial charge on any atom is -0.410 e. The smallest absolute Gasteiger partial charge is 0.409 e. The number of hydrogen-bond acceptors (Lipinski definition) is 7. The summed E-state index contributed by atoms with van der Waals surface area (Å²) in [6, 6.07) is 6.93. The predicted molar refractivity (Wildman–Crippen MR) is 117 cm³/mol. The molecule has 150 valence electrons. The van der Waals surface area contributed by atoms with Gasteiger partial charge in [-0.3, -0.25) is 4.99 Å². The van der Waals surface area contributed by atoms with E-state index in [0.29, 0.717) is 22.4 Å². The van der Waals surface area contributed by atoms with Crippen molar-refractivity contribution >= 4 is 35.6 Å². The number of hydrogen-bond donors (Lipinski definition) is 2. The van der Waals surface area contributed by atoms with Crippen LogP contribution in [0.4, 0.5) is 16.3 Å². The van der Waals surface area contributed by atoms with Gasteiger partial charge in [-0.25, -0.2) is 14.8 Å². The van der Waals surface area contributed by atoms with Crippen LogP contribution in [0.25, 0.3) is 0 Å². The van der Waals surface area contributed by atoms with Crippen molar-refractivity contribution in [3.05, 3.63) is 60.3 Å².